The lowest BCUT2D eigenvalue weighted by Gasteiger charge is -2.22. The summed E-state index contributed by atoms with van der Waals surface area (Å²) in [6.07, 6.45) is 6.36. The fourth-order valence-electron chi connectivity index (χ4n) is 3.02. The SMILES string of the molecule is CCNC(=O)c1ccc(NC2CCCC(C)(C)CC2)cc1. The van der Waals surface area contributed by atoms with Crippen molar-refractivity contribution in [3.05, 3.63) is 29.8 Å². The van der Waals surface area contributed by atoms with Crippen LogP contribution in [0.5, 0.6) is 0 Å². The molecule has 1 amide bonds. The number of carbonyl (C=O) groups excluding carboxylic acids is 1. The summed E-state index contributed by atoms with van der Waals surface area (Å²) < 4.78 is 0. The fourth-order valence-corrected chi connectivity index (χ4v) is 3.02. The van der Waals surface area contributed by atoms with Crippen molar-refractivity contribution in [1.82, 2.24) is 5.32 Å². The van der Waals surface area contributed by atoms with E-state index in [-0.39, 0.29) is 5.91 Å². The number of hydrogen-bond donors (Lipinski definition) is 2. The first kappa shape index (κ1) is 15.9. The third kappa shape index (κ3) is 4.76. The predicted molar refractivity (Wildman–Crippen MR) is 88.7 cm³/mol. The molecule has 1 aromatic carbocycles. The minimum Gasteiger partial charge on any atom is -0.382 e. The summed E-state index contributed by atoms with van der Waals surface area (Å²) in [5.74, 6) is 0.000246. The number of amides is 1. The first-order valence-electron chi connectivity index (χ1n) is 8.15. The molecule has 0 aliphatic heterocycles. The topological polar surface area (TPSA) is 41.1 Å². The van der Waals surface area contributed by atoms with Crippen LogP contribution < -0.4 is 10.6 Å². The number of nitrogens with one attached hydrogen (secondary N) is 2. The van der Waals surface area contributed by atoms with Crippen LogP contribution in [0.4, 0.5) is 5.69 Å². The normalized spacial score (nSPS) is 21.4. The molecule has 0 saturated heterocycles. The van der Waals surface area contributed by atoms with Gasteiger partial charge in [-0.25, -0.2) is 0 Å². The van der Waals surface area contributed by atoms with Crippen LogP contribution in [-0.2, 0) is 0 Å². The molecule has 1 aliphatic carbocycles. The molecule has 0 spiro atoms. The highest BCUT2D eigenvalue weighted by Gasteiger charge is 2.24. The van der Waals surface area contributed by atoms with E-state index < -0.39 is 0 Å². The molecule has 0 radical (unpaired) electrons. The second-order valence-corrected chi connectivity index (χ2v) is 6.87. The van der Waals surface area contributed by atoms with E-state index in [9.17, 15) is 4.79 Å². The van der Waals surface area contributed by atoms with Crippen molar-refractivity contribution in [3.8, 4) is 0 Å². The van der Waals surface area contributed by atoms with Crippen molar-refractivity contribution in [1.29, 1.82) is 0 Å². The molecule has 1 aliphatic rings. The predicted octanol–water partition coefficient (Wildman–Crippen LogP) is 4.21. The van der Waals surface area contributed by atoms with Crippen LogP contribution in [0.25, 0.3) is 0 Å². The number of rotatable bonds is 4. The van der Waals surface area contributed by atoms with Gasteiger partial charge in [0, 0.05) is 23.8 Å². The number of anilines is 1. The molecule has 0 heterocycles. The Bertz CT molecular complexity index is 465. The second-order valence-electron chi connectivity index (χ2n) is 6.87. The van der Waals surface area contributed by atoms with Crippen LogP contribution in [0.1, 0.15) is 63.2 Å². The molecule has 3 heteroatoms. The van der Waals surface area contributed by atoms with Gasteiger partial charge in [0.25, 0.3) is 5.91 Å². The number of hydrogen-bond acceptors (Lipinski definition) is 2. The van der Waals surface area contributed by atoms with Gasteiger partial charge < -0.3 is 10.6 Å². The molecular weight excluding hydrogens is 260 g/mol. The van der Waals surface area contributed by atoms with E-state index in [0.29, 0.717) is 18.0 Å². The highest BCUT2D eigenvalue weighted by molar-refractivity contribution is 5.94. The zero-order valence-electron chi connectivity index (χ0n) is 13.5. The largest absolute Gasteiger partial charge is 0.382 e. The smallest absolute Gasteiger partial charge is 0.251 e. The van der Waals surface area contributed by atoms with Gasteiger partial charge in [-0.1, -0.05) is 20.3 Å². The number of carbonyl (C=O) groups is 1. The van der Waals surface area contributed by atoms with Crippen LogP contribution >= 0.6 is 0 Å². The Kier molecular flexibility index (Phi) is 5.27. The molecule has 2 N–H and O–H groups in total. The van der Waals surface area contributed by atoms with Crippen molar-refractivity contribution >= 4 is 11.6 Å². The standard InChI is InChI=1S/C18H28N2O/c1-4-19-17(21)14-7-9-16(10-8-14)20-15-6-5-12-18(2,3)13-11-15/h7-10,15,20H,4-6,11-13H2,1-3H3,(H,19,21). The van der Waals surface area contributed by atoms with Crippen LogP contribution in [0.2, 0.25) is 0 Å². The summed E-state index contributed by atoms with van der Waals surface area (Å²) >= 11 is 0. The molecule has 1 fully saturated rings. The quantitative estimate of drug-likeness (QED) is 0.815. The monoisotopic (exact) mass is 288 g/mol. The maximum Gasteiger partial charge on any atom is 0.251 e. The van der Waals surface area contributed by atoms with E-state index in [1.165, 1.54) is 32.1 Å². The average Bonchev–Trinajstić information content (AvgIpc) is 2.61. The molecule has 3 nitrogen and oxygen atoms in total. The Hall–Kier alpha value is -1.51. The maximum atomic E-state index is 11.7. The van der Waals surface area contributed by atoms with Gasteiger partial charge in [-0.3, -0.25) is 4.79 Å². The molecule has 21 heavy (non-hydrogen) atoms. The van der Waals surface area contributed by atoms with Gasteiger partial charge in [0.1, 0.15) is 0 Å². The van der Waals surface area contributed by atoms with E-state index in [1.807, 2.05) is 31.2 Å². The third-order valence-corrected chi connectivity index (χ3v) is 4.43. The Balaban J connectivity index is 1.92. The first-order chi connectivity index (χ1) is 10.00. The van der Waals surface area contributed by atoms with Gasteiger partial charge in [0.2, 0.25) is 0 Å². The van der Waals surface area contributed by atoms with Gasteiger partial charge in [0.05, 0.1) is 0 Å². The summed E-state index contributed by atoms with van der Waals surface area (Å²) in [6.45, 7) is 7.34. The molecule has 116 valence electrons. The van der Waals surface area contributed by atoms with Crippen molar-refractivity contribution in [2.75, 3.05) is 11.9 Å². The molecule has 1 atom stereocenters. The van der Waals surface area contributed by atoms with E-state index in [1.54, 1.807) is 0 Å². The van der Waals surface area contributed by atoms with E-state index >= 15 is 0 Å². The molecule has 0 bridgehead atoms. The zero-order chi connectivity index (χ0) is 15.3. The lowest BCUT2D eigenvalue weighted by molar-refractivity contribution is 0.0956. The summed E-state index contributed by atoms with van der Waals surface area (Å²) in [5, 5.41) is 6.45. The molecule has 1 aromatic rings. The summed E-state index contributed by atoms with van der Waals surface area (Å²) in [7, 11) is 0. The molecule has 2 rings (SSSR count). The Labute approximate surface area is 128 Å². The number of benzene rings is 1. The minimum atomic E-state index is 0.000246. The molecule has 0 aromatic heterocycles. The third-order valence-electron chi connectivity index (χ3n) is 4.43. The van der Waals surface area contributed by atoms with Crippen molar-refractivity contribution in [3.63, 3.8) is 0 Å². The van der Waals surface area contributed by atoms with Gasteiger partial charge in [0.15, 0.2) is 0 Å². The summed E-state index contributed by atoms with van der Waals surface area (Å²) in [4.78, 5) is 11.7. The van der Waals surface area contributed by atoms with Crippen molar-refractivity contribution < 1.29 is 4.79 Å². The molecule has 1 unspecified atom stereocenters. The van der Waals surface area contributed by atoms with Crippen molar-refractivity contribution in [2.24, 2.45) is 5.41 Å². The van der Waals surface area contributed by atoms with Crippen LogP contribution in [0.15, 0.2) is 24.3 Å². The highest BCUT2D eigenvalue weighted by atomic mass is 16.1. The van der Waals surface area contributed by atoms with Gasteiger partial charge >= 0.3 is 0 Å². The lowest BCUT2D eigenvalue weighted by Crippen LogP contribution is -2.22. The van der Waals surface area contributed by atoms with E-state index in [0.717, 1.165) is 11.3 Å². The Morgan fingerprint density at radius 2 is 1.90 bits per heavy atom. The molecular formula is C18H28N2O. The average molecular weight is 288 g/mol. The molecule has 1 saturated carbocycles. The van der Waals surface area contributed by atoms with Gasteiger partial charge in [-0.2, -0.15) is 0 Å². The highest BCUT2D eigenvalue weighted by Crippen LogP contribution is 2.34. The Morgan fingerprint density at radius 1 is 1.19 bits per heavy atom. The van der Waals surface area contributed by atoms with Crippen molar-refractivity contribution in [2.45, 2.75) is 58.9 Å². The van der Waals surface area contributed by atoms with E-state index in [4.69, 9.17) is 0 Å². The van der Waals surface area contributed by atoms with Gasteiger partial charge in [-0.05, 0) is 62.3 Å². The van der Waals surface area contributed by atoms with E-state index in [2.05, 4.69) is 24.5 Å². The lowest BCUT2D eigenvalue weighted by atomic mass is 9.85. The Morgan fingerprint density at radius 3 is 2.57 bits per heavy atom. The zero-order valence-corrected chi connectivity index (χ0v) is 13.5. The maximum absolute atomic E-state index is 11.7. The van der Waals surface area contributed by atoms with Gasteiger partial charge in [-0.15, -0.1) is 0 Å². The first-order valence-corrected chi connectivity index (χ1v) is 8.15. The van der Waals surface area contributed by atoms with Crippen LogP contribution in [-0.4, -0.2) is 18.5 Å². The van der Waals surface area contributed by atoms with Crippen LogP contribution in [0, 0.1) is 5.41 Å². The fraction of sp³-hybridized carbons (Fsp3) is 0.611. The summed E-state index contributed by atoms with van der Waals surface area (Å²) in [5.41, 5.74) is 2.33. The minimum absolute atomic E-state index is 0.000246. The van der Waals surface area contributed by atoms with Crippen LogP contribution in [0.3, 0.4) is 0 Å². The summed E-state index contributed by atoms with van der Waals surface area (Å²) in [6, 6.07) is 8.38. The second kappa shape index (κ2) is 6.97.